The van der Waals surface area contributed by atoms with E-state index >= 15 is 0 Å². The van der Waals surface area contributed by atoms with E-state index in [0.29, 0.717) is 0 Å². The Kier molecular flexibility index (Phi) is 244. The van der Waals surface area contributed by atoms with Crippen LogP contribution < -0.4 is 0 Å². The molecule has 0 fully saturated rings. The van der Waals surface area contributed by atoms with Crippen molar-refractivity contribution >= 4 is 198 Å². The summed E-state index contributed by atoms with van der Waals surface area (Å²) in [7, 11) is 0. The maximum absolute atomic E-state index is 9.00. The molecule has 63 heavy (non-hydrogen) atoms. The molecule has 0 heterocycles. The van der Waals surface area contributed by atoms with Gasteiger partial charge in [0.05, 0.1) is 0 Å². The second kappa shape index (κ2) is 131. The minimum absolute atomic E-state index is 0. The van der Waals surface area contributed by atoms with Gasteiger partial charge in [0.15, 0.2) is 0 Å². The Morgan fingerprint density at radius 1 is 0.206 bits per heavy atom. The summed E-state index contributed by atoms with van der Waals surface area (Å²) in [4.78, 5) is 108. The van der Waals surface area contributed by atoms with E-state index in [2.05, 4.69) is 0 Å². The summed E-state index contributed by atoms with van der Waals surface area (Å²) in [6, 6.07) is 0. The fourth-order valence-corrected chi connectivity index (χ4v) is 0. The first-order valence-corrected chi connectivity index (χ1v) is 13.9. The van der Waals surface area contributed by atoms with Gasteiger partial charge in [-0.05, 0) is 0 Å². The first-order valence-electron chi connectivity index (χ1n) is 13.9. The maximum atomic E-state index is 9.00. The van der Waals surface area contributed by atoms with Crippen LogP contribution >= 0.6 is 0 Å². The van der Waals surface area contributed by atoms with Gasteiger partial charge in [-0.1, -0.05) is 0 Å². The largest absolute Gasteiger partial charge is 0.481 e. The van der Waals surface area contributed by atoms with Crippen molar-refractivity contribution in [3.05, 3.63) is 0 Å². The van der Waals surface area contributed by atoms with E-state index < -0.39 is 71.6 Å². The van der Waals surface area contributed by atoms with Gasteiger partial charge in [-0.2, -0.15) is 0 Å². The Morgan fingerprint density at radius 2 is 0.222 bits per heavy atom. The molecule has 0 aromatic carbocycles. The van der Waals surface area contributed by atoms with Crippen LogP contribution in [0.2, 0.25) is 0 Å². The predicted octanol–water partition coefficient (Wildman–Crippen LogP) is 0.805. The van der Waals surface area contributed by atoms with E-state index in [1.54, 1.807) is 0 Å². The number of carboxylic acids is 12. The first-order chi connectivity index (χ1) is 26.5. The third-order valence-electron chi connectivity index (χ3n) is 0.250. The van der Waals surface area contributed by atoms with Crippen molar-refractivity contribution in [3.63, 3.8) is 0 Å². The molecule has 30 nitrogen and oxygen atoms in total. The van der Waals surface area contributed by atoms with Crippen molar-refractivity contribution in [2.45, 2.75) is 83.1 Å². The van der Waals surface area contributed by atoms with Crippen LogP contribution in [0, 0.1) is 32.5 Å². The third-order valence-corrected chi connectivity index (χ3v) is 0.250. The molecule has 0 unspecified atom stereocenters. The average molecular weight is 958 g/mol. The van der Waals surface area contributed by atoms with E-state index in [0.717, 1.165) is 120 Å². The van der Waals surface area contributed by atoms with Crippen molar-refractivity contribution in [1.82, 2.24) is 0 Å². The van der Waals surface area contributed by atoms with E-state index in [1.807, 2.05) is 0 Å². The molecule has 0 amide bonds. The summed E-state index contributed by atoms with van der Waals surface area (Å²) in [5.41, 5.74) is 0. The van der Waals surface area contributed by atoms with Crippen molar-refractivity contribution in [3.8, 4) is 0 Å². The Labute approximate surface area is 428 Å². The van der Waals surface area contributed by atoms with Gasteiger partial charge < -0.3 is 93.7 Å². The van der Waals surface area contributed by atoms with Gasteiger partial charge in [-0.25, -0.2) is 0 Å². The molecule has 0 rings (SSSR count). The van der Waals surface area contributed by atoms with Crippen LogP contribution in [0.5, 0.6) is 0 Å². The number of carboxylic acid groups (broad SMARTS) is 12. The molecule has 0 aliphatic carbocycles. The molecule has 18 N–H and O–H groups in total. The van der Waals surface area contributed by atoms with Gasteiger partial charge >= 0.3 is 0 Å². The zero-order valence-electron chi connectivity index (χ0n) is 37.7. The van der Waals surface area contributed by atoms with E-state index in [1.165, 1.54) is 0 Å². The molecular weight excluding hydrogens is 897 g/mol. The Morgan fingerprint density at radius 3 is 0.222 bits per heavy atom. The quantitative estimate of drug-likeness (QED) is 0.137. The molecule has 0 atom stereocenters. The van der Waals surface area contributed by atoms with E-state index in [9.17, 15) is 0 Å². The number of rotatable bonds is 3. The van der Waals surface area contributed by atoms with Gasteiger partial charge in [-0.15, -0.1) is 0 Å². The molecule has 0 aromatic heterocycles. The first kappa shape index (κ1) is 118. The number of hydrogen-bond acceptors (Lipinski definition) is 18. The summed E-state index contributed by atoms with van der Waals surface area (Å²) >= 11 is 0. The molecule has 0 aliphatic rings. The second-order valence-electron chi connectivity index (χ2n) is 7.23. The zero-order valence-corrected chi connectivity index (χ0v) is 43.7. The van der Waals surface area contributed by atoms with Gasteiger partial charge in [0.1, 0.15) is 0 Å². The normalized spacial score (nSPS) is 5.71. The molecule has 0 aliphatic heterocycles. The van der Waals surface area contributed by atoms with Gasteiger partial charge in [-0.3, -0.25) is 57.5 Å². The molecule has 3 radical (unpaired) electrons. The van der Waals surface area contributed by atoms with Crippen LogP contribution in [-0.2, 0) is 57.5 Å². The van der Waals surface area contributed by atoms with Crippen LogP contribution in [0.1, 0.15) is 83.1 Å². The summed E-state index contributed by atoms with van der Waals surface area (Å²) in [5.74, 6) is -10.0. The summed E-state index contributed by atoms with van der Waals surface area (Å²) in [5, 5.41) is 125. The fraction of sp³-hybridized carbons (Fsp3) is 0.400. The Balaban J connectivity index is -0.0000000215. The van der Waals surface area contributed by atoms with Crippen LogP contribution in [0.3, 0.4) is 0 Å². The Bertz CT molecular complexity index is 855. The van der Waals surface area contributed by atoms with Gasteiger partial charge in [0, 0.05) is 209 Å². The van der Waals surface area contributed by atoms with Crippen LogP contribution in [0.15, 0.2) is 0 Å². The molecule has 0 bridgehead atoms. The number of hydrogen-bond donors (Lipinski definition) is 18. The molecule has 0 saturated carbocycles. The van der Waals surface area contributed by atoms with Crippen LogP contribution in [0.25, 0.3) is 0 Å². The minimum atomic E-state index is -0.833. The average Bonchev–Trinajstić information content (AvgIpc) is 2.94. The van der Waals surface area contributed by atoms with Crippen molar-refractivity contribution in [2.24, 2.45) is 0 Å². The van der Waals surface area contributed by atoms with E-state index in [4.69, 9.17) is 151 Å². The number of carbonyl (C=O) groups is 12. The van der Waals surface area contributed by atoms with Crippen LogP contribution in [0.4, 0.5) is 0 Å². The monoisotopic (exact) mass is 957 g/mol. The van der Waals surface area contributed by atoms with Gasteiger partial charge in [0.25, 0.3) is 71.6 Å². The Hall–Kier alpha value is -5.34. The summed E-state index contributed by atoms with van der Waals surface area (Å²) in [6.07, 6.45) is 5.50. The SMILES string of the molecule is CC(=O)O.CC(=O)O.CC(=O)O.CC(=O)O.CC(=O)O.CC(=O)O.CC(=O)O.CC(=O)O.CC(=O)O.CC(=O)O.CC(=O)O.CC(=O)O.N=CC=N.N=CC=N.N=CC=N.[Na].[Na].[Na]. The fourth-order valence-electron chi connectivity index (χ4n) is 0. The molecule has 357 valence electrons. The third kappa shape index (κ3) is 30900. The molecule has 33 heteroatoms. The van der Waals surface area contributed by atoms with Gasteiger partial charge in [0.2, 0.25) is 0 Å². The molecule has 0 saturated heterocycles. The van der Waals surface area contributed by atoms with Crippen molar-refractivity contribution < 1.29 is 119 Å². The number of nitrogens with one attached hydrogen (secondary N) is 6. The number of aliphatic carboxylic acids is 12. The summed E-state index contributed by atoms with van der Waals surface area (Å²) in [6.45, 7) is 13.0. The van der Waals surface area contributed by atoms with Crippen molar-refractivity contribution in [1.29, 1.82) is 32.5 Å². The standard InChI is InChI=1S/3C2H4N2.12C2H4O2.3Na/c3*3-1-2-4;12*1-2(3)4;;;/h3*1-4H;12*1H3,(H,3,4);;;. The molecule has 0 spiro atoms. The topological polar surface area (TPSA) is 591 Å². The predicted molar refractivity (Wildman–Crippen MR) is 230 cm³/mol. The smallest absolute Gasteiger partial charge is 0.300 e. The minimum Gasteiger partial charge on any atom is -0.481 e. The maximum Gasteiger partial charge on any atom is 0.300 e. The van der Waals surface area contributed by atoms with Crippen molar-refractivity contribution in [2.75, 3.05) is 0 Å². The summed E-state index contributed by atoms with van der Waals surface area (Å²) < 4.78 is 0. The van der Waals surface area contributed by atoms with Crippen LogP contribution in [-0.4, -0.2) is 259 Å². The van der Waals surface area contributed by atoms with E-state index in [-0.39, 0.29) is 88.7 Å². The molecule has 0 aromatic rings. The second-order valence-corrected chi connectivity index (χ2v) is 7.23. The zero-order chi connectivity index (χ0) is 53.2. The molecular formula is C30H60N6Na3O24.